The molecular weight excluding hydrogens is 306 g/mol. The zero-order chi connectivity index (χ0) is 15.9. The van der Waals surface area contributed by atoms with E-state index in [1.165, 1.54) is 0 Å². The van der Waals surface area contributed by atoms with Crippen molar-refractivity contribution in [2.45, 2.75) is 19.8 Å². The predicted octanol–water partition coefficient (Wildman–Crippen LogP) is 2.52. The van der Waals surface area contributed by atoms with E-state index in [1.54, 1.807) is 36.1 Å². The summed E-state index contributed by atoms with van der Waals surface area (Å²) in [5, 5.41) is 0.560. The van der Waals surface area contributed by atoms with E-state index in [0.29, 0.717) is 30.5 Å². The van der Waals surface area contributed by atoms with E-state index in [4.69, 9.17) is 21.1 Å². The van der Waals surface area contributed by atoms with Gasteiger partial charge in [0.2, 0.25) is 0 Å². The molecule has 1 fully saturated rings. The Morgan fingerprint density at radius 1 is 1.41 bits per heavy atom. The van der Waals surface area contributed by atoms with Crippen molar-refractivity contribution in [3.63, 3.8) is 0 Å². The van der Waals surface area contributed by atoms with E-state index in [9.17, 15) is 9.59 Å². The zero-order valence-corrected chi connectivity index (χ0v) is 13.3. The molecule has 0 bridgehead atoms. The number of hydrogen-bond donors (Lipinski definition) is 0. The first-order valence-corrected chi connectivity index (χ1v) is 7.80. The molecule has 1 aromatic carbocycles. The molecule has 1 saturated heterocycles. The number of carbonyl (C=O) groups is 2. The fraction of sp³-hybridized carbons (Fsp3) is 0.500. The van der Waals surface area contributed by atoms with E-state index in [1.807, 2.05) is 0 Å². The smallest absolute Gasteiger partial charge is 0.310 e. The molecule has 1 unspecified atom stereocenters. The first-order valence-electron chi connectivity index (χ1n) is 7.43. The van der Waals surface area contributed by atoms with Crippen LogP contribution >= 0.6 is 11.6 Å². The number of carbonyl (C=O) groups excluding carboxylic acids is 2. The number of nitrogens with zero attached hydrogens (tertiary/aromatic N) is 1. The summed E-state index contributed by atoms with van der Waals surface area (Å²) < 4.78 is 10.5. The average molecular weight is 326 g/mol. The minimum atomic E-state index is -0.233. The first kappa shape index (κ1) is 16.6. The van der Waals surface area contributed by atoms with Crippen LogP contribution < -0.4 is 4.74 Å². The minimum absolute atomic E-state index is 0.0596. The second-order valence-corrected chi connectivity index (χ2v) is 5.61. The molecule has 1 aliphatic heterocycles. The van der Waals surface area contributed by atoms with Crippen molar-refractivity contribution in [1.82, 2.24) is 4.90 Å². The molecule has 1 atom stereocenters. The van der Waals surface area contributed by atoms with Gasteiger partial charge in [-0.3, -0.25) is 9.59 Å². The lowest BCUT2D eigenvalue weighted by atomic mass is 9.98. The number of ether oxygens (including phenoxy) is 2. The van der Waals surface area contributed by atoms with Crippen LogP contribution in [0.25, 0.3) is 0 Å². The summed E-state index contributed by atoms with van der Waals surface area (Å²) in [6, 6.07) is 6.91. The largest absolute Gasteiger partial charge is 0.484 e. The van der Waals surface area contributed by atoms with Crippen LogP contribution in [0.1, 0.15) is 19.8 Å². The lowest BCUT2D eigenvalue weighted by Gasteiger charge is -2.31. The maximum atomic E-state index is 12.2. The Bertz CT molecular complexity index is 535. The summed E-state index contributed by atoms with van der Waals surface area (Å²) in [6.07, 6.45) is 1.56. The number of rotatable bonds is 5. The van der Waals surface area contributed by atoms with Gasteiger partial charge in [-0.05, 0) is 38.0 Å². The summed E-state index contributed by atoms with van der Waals surface area (Å²) in [6.45, 7) is 3.13. The summed E-state index contributed by atoms with van der Waals surface area (Å²) in [5.74, 6) is -0.0339. The maximum absolute atomic E-state index is 12.2. The average Bonchev–Trinajstić information content (AvgIpc) is 2.53. The highest BCUT2D eigenvalue weighted by Gasteiger charge is 2.29. The second-order valence-electron chi connectivity index (χ2n) is 5.18. The molecule has 1 amide bonds. The van der Waals surface area contributed by atoms with Crippen LogP contribution in [0.2, 0.25) is 5.02 Å². The van der Waals surface area contributed by atoms with Gasteiger partial charge in [0.15, 0.2) is 6.61 Å². The summed E-state index contributed by atoms with van der Waals surface area (Å²) >= 11 is 5.87. The van der Waals surface area contributed by atoms with Gasteiger partial charge >= 0.3 is 5.97 Å². The Morgan fingerprint density at radius 3 is 2.95 bits per heavy atom. The number of likely N-dealkylation sites (tertiary alicyclic amines) is 1. The van der Waals surface area contributed by atoms with Crippen molar-refractivity contribution in [2.24, 2.45) is 5.92 Å². The Labute approximate surface area is 135 Å². The molecule has 22 heavy (non-hydrogen) atoms. The van der Waals surface area contributed by atoms with E-state index in [-0.39, 0.29) is 24.4 Å². The maximum Gasteiger partial charge on any atom is 0.310 e. The van der Waals surface area contributed by atoms with E-state index in [0.717, 1.165) is 12.8 Å². The molecule has 0 saturated carbocycles. The van der Waals surface area contributed by atoms with Crippen molar-refractivity contribution in [3.8, 4) is 5.75 Å². The molecule has 1 aromatic rings. The molecule has 0 N–H and O–H groups in total. The molecule has 6 heteroatoms. The summed E-state index contributed by atoms with van der Waals surface area (Å²) in [4.78, 5) is 25.6. The number of halogens is 1. The Hall–Kier alpha value is -1.75. The molecule has 2 rings (SSSR count). The minimum Gasteiger partial charge on any atom is -0.484 e. The third-order valence-corrected chi connectivity index (χ3v) is 3.79. The lowest BCUT2D eigenvalue weighted by Crippen LogP contribution is -2.44. The fourth-order valence-electron chi connectivity index (χ4n) is 2.45. The molecule has 120 valence electrons. The Kier molecular flexibility index (Phi) is 6.07. The van der Waals surface area contributed by atoms with Crippen LogP contribution in [0, 0.1) is 5.92 Å². The molecule has 1 aliphatic rings. The van der Waals surface area contributed by atoms with Crippen LogP contribution in [-0.4, -0.2) is 43.1 Å². The normalized spacial score (nSPS) is 17.9. The van der Waals surface area contributed by atoms with Crippen LogP contribution in [0.5, 0.6) is 5.75 Å². The van der Waals surface area contributed by atoms with E-state index < -0.39 is 0 Å². The van der Waals surface area contributed by atoms with Crippen molar-refractivity contribution < 1.29 is 19.1 Å². The highest BCUT2D eigenvalue weighted by molar-refractivity contribution is 6.30. The van der Waals surface area contributed by atoms with Gasteiger partial charge in [-0.25, -0.2) is 0 Å². The summed E-state index contributed by atoms with van der Waals surface area (Å²) in [5.41, 5.74) is 0. The standard InChI is InChI=1S/C16H20ClNO4/c1-2-21-16(20)12-5-4-8-18(10-12)15(19)11-22-14-7-3-6-13(17)9-14/h3,6-7,9,12H,2,4-5,8,10-11H2,1H3. The fourth-order valence-corrected chi connectivity index (χ4v) is 2.63. The predicted molar refractivity (Wildman–Crippen MR) is 82.9 cm³/mol. The molecule has 0 radical (unpaired) electrons. The lowest BCUT2D eigenvalue weighted by molar-refractivity contribution is -0.151. The Morgan fingerprint density at radius 2 is 2.23 bits per heavy atom. The number of amides is 1. The molecule has 0 spiro atoms. The number of benzene rings is 1. The van der Waals surface area contributed by atoms with Crippen LogP contribution in [0.3, 0.4) is 0 Å². The van der Waals surface area contributed by atoms with Gasteiger partial charge in [-0.15, -0.1) is 0 Å². The molecule has 0 aromatic heterocycles. The zero-order valence-electron chi connectivity index (χ0n) is 12.6. The Balaban J connectivity index is 1.85. The number of esters is 1. The van der Waals surface area contributed by atoms with E-state index >= 15 is 0 Å². The highest BCUT2D eigenvalue weighted by atomic mass is 35.5. The second kappa shape index (κ2) is 8.03. The van der Waals surface area contributed by atoms with Crippen LogP contribution in [0.4, 0.5) is 0 Å². The molecule has 5 nitrogen and oxygen atoms in total. The first-order chi connectivity index (χ1) is 10.6. The third-order valence-electron chi connectivity index (χ3n) is 3.55. The monoisotopic (exact) mass is 325 g/mol. The van der Waals surface area contributed by atoms with E-state index in [2.05, 4.69) is 0 Å². The van der Waals surface area contributed by atoms with Gasteiger partial charge in [-0.2, -0.15) is 0 Å². The van der Waals surface area contributed by atoms with Gasteiger partial charge in [0.1, 0.15) is 5.75 Å². The topological polar surface area (TPSA) is 55.8 Å². The van der Waals surface area contributed by atoms with Crippen LogP contribution in [0.15, 0.2) is 24.3 Å². The van der Waals surface area contributed by atoms with Crippen molar-refractivity contribution in [1.29, 1.82) is 0 Å². The van der Waals surface area contributed by atoms with Crippen molar-refractivity contribution in [2.75, 3.05) is 26.3 Å². The summed E-state index contributed by atoms with van der Waals surface area (Å²) in [7, 11) is 0. The molecular formula is C16H20ClNO4. The van der Waals surface area contributed by atoms with Gasteiger partial charge in [0.05, 0.1) is 12.5 Å². The SMILES string of the molecule is CCOC(=O)C1CCCN(C(=O)COc2cccc(Cl)c2)C1. The third kappa shape index (κ3) is 4.63. The van der Waals surface area contributed by atoms with Crippen molar-refractivity contribution >= 4 is 23.5 Å². The number of piperidine rings is 1. The van der Waals surface area contributed by atoms with Crippen molar-refractivity contribution in [3.05, 3.63) is 29.3 Å². The van der Waals surface area contributed by atoms with Gasteiger partial charge < -0.3 is 14.4 Å². The van der Waals surface area contributed by atoms with Gasteiger partial charge in [0.25, 0.3) is 5.91 Å². The number of hydrogen-bond acceptors (Lipinski definition) is 4. The van der Waals surface area contributed by atoms with Crippen LogP contribution in [-0.2, 0) is 14.3 Å². The highest BCUT2D eigenvalue weighted by Crippen LogP contribution is 2.19. The molecule has 0 aliphatic carbocycles. The molecule has 1 heterocycles. The quantitative estimate of drug-likeness (QED) is 0.781. The van der Waals surface area contributed by atoms with Gasteiger partial charge in [0, 0.05) is 18.1 Å². The van der Waals surface area contributed by atoms with Gasteiger partial charge in [-0.1, -0.05) is 17.7 Å².